The Balaban J connectivity index is 2.07. The van der Waals surface area contributed by atoms with E-state index in [1.165, 1.54) is 0 Å². The van der Waals surface area contributed by atoms with Gasteiger partial charge < -0.3 is 14.6 Å². The number of rotatable bonds is 2. The third-order valence-electron chi connectivity index (χ3n) is 3.97. The molecule has 0 bridgehead atoms. The van der Waals surface area contributed by atoms with E-state index in [0.717, 1.165) is 22.9 Å². The van der Waals surface area contributed by atoms with Crippen molar-refractivity contribution < 1.29 is 19.4 Å². The van der Waals surface area contributed by atoms with Crippen molar-refractivity contribution in [3.63, 3.8) is 0 Å². The minimum Gasteiger partial charge on any atom is -0.490 e. The Morgan fingerprint density at radius 3 is 2.32 bits per heavy atom. The zero-order valence-corrected chi connectivity index (χ0v) is 12.0. The number of carbonyl (C=O) groups is 1. The first-order valence-electron chi connectivity index (χ1n) is 6.46. The summed E-state index contributed by atoms with van der Waals surface area (Å²) in [5, 5.41) is 9.53. The fraction of sp³-hybridized carbons (Fsp3) is 0.500. The normalized spacial score (nSPS) is 20.3. The molecule has 4 nitrogen and oxygen atoms in total. The van der Waals surface area contributed by atoms with Crippen LogP contribution < -0.4 is 9.47 Å². The maximum Gasteiger partial charge on any atom is 0.314 e. The van der Waals surface area contributed by atoms with Crippen molar-refractivity contribution in [3.8, 4) is 11.5 Å². The maximum atomic E-state index is 11.6. The van der Waals surface area contributed by atoms with Gasteiger partial charge in [0.15, 0.2) is 11.5 Å². The fourth-order valence-electron chi connectivity index (χ4n) is 2.68. The zero-order valence-electron chi connectivity index (χ0n) is 10.4. The van der Waals surface area contributed by atoms with Crippen LogP contribution in [0.4, 0.5) is 0 Å². The maximum absolute atomic E-state index is 11.6. The summed E-state index contributed by atoms with van der Waals surface area (Å²) in [6.07, 6.45) is 3.15. The van der Waals surface area contributed by atoms with Crippen molar-refractivity contribution in [3.05, 3.63) is 22.2 Å². The van der Waals surface area contributed by atoms with Crippen LogP contribution in [0, 0.1) is 0 Å². The van der Waals surface area contributed by atoms with Crippen LogP contribution >= 0.6 is 15.9 Å². The van der Waals surface area contributed by atoms with Gasteiger partial charge in [-0.15, -0.1) is 0 Å². The lowest BCUT2D eigenvalue weighted by Gasteiger charge is -2.39. The van der Waals surface area contributed by atoms with Gasteiger partial charge in [-0.05, 0) is 30.5 Å². The van der Waals surface area contributed by atoms with E-state index in [2.05, 4.69) is 15.9 Å². The van der Waals surface area contributed by atoms with Gasteiger partial charge in [-0.1, -0.05) is 22.4 Å². The van der Waals surface area contributed by atoms with E-state index in [4.69, 9.17) is 9.47 Å². The van der Waals surface area contributed by atoms with Crippen molar-refractivity contribution in [1.29, 1.82) is 0 Å². The molecule has 102 valence electrons. The molecule has 1 aliphatic carbocycles. The number of aliphatic carboxylic acids is 1. The molecule has 0 aromatic heterocycles. The predicted molar refractivity (Wildman–Crippen MR) is 72.9 cm³/mol. The van der Waals surface area contributed by atoms with Gasteiger partial charge in [0.05, 0.1) is 18.6 Å². The van der Waals surface area contributed by atoms with Gasteiger partial charge in [-0.25, -0.2) is 0 Å². The SMILES string of the molecule is O=C(O)C1(c2cc3c(cc2Br)OCCCO3)CCC1. The van der Waals surface area contributed by atoms with Crippen molar-refractivity contribution in [2.45, 2.75) is 31.1 Å². The highest BCUT2D eigenvalue weighted by Gasteiger charge is 2.47. The molecule has 0 amide bonds. The minimum absolute atomic E-state index is 0.605. The molecule has 0 saturated heterocycles. The summed E-state index contributed by atoms with van der Waals surface area (Å²) in [6.45, 7) is 1.23. The second-order valence-electron chi connectivity index (χ2n) is 5.07. The highest BCUT2D eigenvalue weighted by Crippen LogP contribution is 2.49. The molecule has 0 radical (unpaired) electrons. The Morgan fingerprint density at radius 1 is 1.16 bits per heavy atom. The second kappa shape index (κ2) is 4.71. The standard InChI is InChI=1S/C14H15BrO4/c15-10-8-12-11(18-5-2-6-19-12)7-9(10)14(13(16)17)3-1-4-14/h7-8H,1-6H2,(H,16,17). The number of benzene rings is 1. The molecule has 1 aromatic rings. The topological polar surface area (TPSA) is 55.8 Å². The van der Waals surface area contributed by atoms with Crippen molar-refractivity contribution >= 4 is 21.9 Å². The summed E-state index contributed by atoms with van der Waals surface area (Å²) >= 11 is 3.48. The number of halogens is 1. The number of carboxylic acid groups (broad SMARTS) is 1. The fourth-order valence-corrected chi connectivity index (χ4v) is 3.38. The van der Waals surface area contributed by atoms with Crippen molar-refractivity contribution in [2.24, 2.45) is 0 Å². The van der Waals surface area contributed by atoms with E-state index in [9.17, 15) is 9.90 Å². The van der Waals surface area contributed by atoms with E-state index in [1.54, 1.807) is 0 Å². The largest absolute Gasteiger partial charge is 0.490 e. The van der Waals surface area contributed by atoms with E-state index >= 15 is 0 Å². The molecule has 0 spiro atoms. The van der Waals surface area contributed by atoms with E-state index < -0.39 is 11.4 Å². The van der Waals surface area contributed by atoms with Gasteiger partial charge in [0.25, 0.3) is 0 Å². The first-order valence-corrected chi connectivity index (χ1v) is 7.26. The number of ether oxygens (including phenoxy) is 2. The highest BCUT2D eigenvalue weighted by atomic mass is 79.9. The third kappa shape index (κ3) is 2.00. The lowest BCUT2D eigenvalue weighted by molar-refractivity contribution is -0.147. The number of carboxylic acids is 1. The van der Waals surface area contributed by atoms with Gasteiger partial charge in [-0.2, -0.15) is 0 Å². The molecule has 1 heterocycles. The average Bonchev–Trinajstić information content (AvgIpc) is 2.52. The lowest BCUT2D eigenvalue weighted by atomic mass is 9.64. The summed E-state index contributed by atoms with van der Waals surface area (Å²) in [6, 6.07) is 3.66. The minimum atomic E-state index is -0.760. The van der Waals surface area contributed by atoms with E-state index in [1.807, 2.05) is 12.1 Å². The van der Waals surface area contributed by atoms with E-state index in [0.29, 0.717) is 37.6 Å². The molecule has 3 rings (SSSR count). The van der Waals surface area contributed by atoms with Gasteiger partial charge >= 0.3 is 5.97 Å². The molecule has 19 heavy (non-hydrogen) atoms. The van der Waals surface area contributed by atoms with Crippen LogP contribution in [-0.2, 0) is 10.2 Å². The van der Waals surface area contributed by atoms with Gasteiger partial charge in [0.2, 0.25) is 0 Å². The average molecular weight is 327 g/mol. The molecule has 5 heteroatoms. The summed E-state index contributed by atoms with van der Waals surface area (Å²) in [7, 11) is 0. The van der Waals surface area contributed by atoms with E-state index in [-0.39, 0.29) is 0 Å². The Labute approximate surface area is 119 Å². The molecule has 1 fully saturated rings. The van der Waals surface area contributed by atoms with Crippen LogP contribution in [0.5, 0.6) is 11.5 Å². The zero-order chi connectivity index (χ0) is 13.5. The second-order valence-corrected chi connectivity index (χ2v) is 5.92. The van der Waals surface area contributed by atoms with Crippen LogP contribution in [0.15, 0.2) is 16.6 Å². The van der Waals surface area contributed by atoms with Gasteiger partial charge in [-0.3, -0.25) is 4.79 Å². The lowest BCUT2D eigenvalue weighted by Crippen LogP contribution is -2.42. The first kappa shape index (κ1) is 12.8. The molecular weight excluding hydrogens is 312 g/mol. The first-order chi connectivity index (χ1) is 9.13. The molecular formula is C14H15BrO4. The van der Waals surface area contributed by atoms with Gasteiger partial charge in [0.1, 0.15) is 0 Å². The Bertz CT molecular complexity index is 522. The summed E-state index contributed by atoms with van der Waals surface area (Å²) in [4.78, 5) is 11.6. The van der Waals surface area contributed by atoms with Crippen molar-refractivity contribution in [2.75, 3.05) is 13.2 Å². The summed E-state index contributed by atoms with van der Waals surface area (Å²) < 4.78 is 12.0. The highest BCUT2D eigenvalue weighted by molar-refractivity contribution is 9.10. The molecule has 1 aromatic carbocycles. The summed E-state index contributed by atoms with van der Waals surface area (Å²) in [5.74, 6) is 0.588. The van der Waals surface area contributed by atoms with Crippen LogP contribution in [0.25, 0.3) is 0 Å². The van der Waals surface area contributed by atoms with Crippen LogP contribution in [0.1, 0.15) is 31.2 Å². The van der Waals surface area contributed by atoms with Gasteiger partial charge in [0, 0.05) is 10.9 Å². The quantitative estimate of drug-likeness (QED) is 0.907. The molecule has 0 atom stereocenters. The van der Waals surface area contributed by atoms with Crippen molar-refractivity contribution in [1.82, 2.24) is 0 Å². The summed E-state index contributed by atoms with van der Waals surface area (Å²) in [5.41, 5.74) is 0.0410. The monoisotopic (exact) mass is 326 g/mol. The molecule has 1 aliphatic heterocycles. The number of hydrogen-bond acceptors (Lipinski definition) is 3. The van der Waals surface area contributed by atoms with Crippen LogP contribution in [-0.4, -0.2) is 24.3 Å². The predicted octanol–water partition coefficient (Wildman–Crippen LogP) is 3.12. The Hall–Kier alpha value is -1.23. The molecule has 2 aliphatic rings. The smallest absolute Gasteiger partial charge is 0.314 e. The molecule has 1 N–H and O–H groups in total. The molecule has 1 saturated carbocycles. The number of fused-ring (bicyclic) bond motifs is 1. The Kier molecular flexibility index (Phi) is 3.17. The molecule has 0 unspecified atom stereocenters. The number of hydrogen-bond donors (Lipinski definition) is 1. The van der Waals surface area contributed by atoms with Crippen LogP contribution in [0.2, 0.25) is 0 Å². The Morgan fingerprint density at radius 2 is 1.79 bits per heavy atom. The third-order valence-corrected chi connectivity index (χ3v) is 4.63. The van der Waals surface area contributed by atoms with Crippen LogP contribution in [0.3, 0.4) is 0 Å².